The van der Waals surface area contributed by atoms with Crippen molar-refractivity contribution in [3.8, 4) is 5.75 Å². The fourth-order valence-corrected chi connectivity index (χ4v) is 2.70. The molecule has 1 saturated heterocycles. The fraction of sp³-hybridized carbons (Fsp3) is 0.588. The van der Waals surface area contributed by atoms with Crippen LogP contribution in [0.25, 0.3) is 0 Å². The first kappa shape index (κ1) is 16.8. The Bertz CT molecular complexity index is 515. The first-order valence-electron chi connectivity index (χ1n) is 7.53. The number of ether oxygens (including phenoxy) is 3. The van der Waals surface area contributed by atoms with Gasteiger partial charge in [-0.3, -0.25) is 4.79 Å². The van der Waals surface area contributed by atoms with E-state index >= 15 is 0 Å². The van der Waals surface area contributed by atoms with E-state index in [2.05, 4.69) is 0 Å². The molecule has 0 bridgehead atoms. The summed E-state index contributed by atoms with van der Waals surface area (Å²) in [6.07, 6.45) is -0.100. The molecule has 0 unspecified atom stereocenters. The average molecular weight is 307 g/mol. The highest BCUT2D eigenvalue weighted by Gasteiger charge is 2.35. The third kappa shape index (κ3) is 4.71. The van der Waals surface area contributed by atoms with E-state index in [1.54, 1.807) is 12.0 Å². The largest absolute Gasteiger partial charge is 0.484 e. The summed E-state index contributed by atoms with van der Waals surface area (Å²) in [4.78, 5) is 14.2. The van der Waals surface area contributed by atoms with E-state index in [1.807, 2.05) is 45.0 Å². The van der Waals surface area contributed by atoms with Crippen LogP contribution in [0.15, 0.2) is 24.3 Å². The standard InChI is InChI=1S/C17H25NO4/c1-13-6-5-7-14(8-13)21-11-16(19)18-9-15(10-20-4)22-17(2,3)12-18/h5-8,15H,9-12H2,1-4H3/t15-/m1/s1. The Morgan fingerprint density at radius 3 is 2.91 bits per heavy atom. The molecule has 1 atom stereocenters. The fourth-order valence-electron chi connectivity index (χ4n) is 2.70. The molecule has 1 fully saturated rings. The van der Waals surface area contributed by atoms with Gasteiger partial charge in [-0.05, 0) is 38.5 Å². The van der Waals surface area contributed by atoms with E-state index in [4.69, 9.17) is 14.2 Å². The highest BCUT2D eigenvalue weighted by atomic mass is 16.5. The first-order chi connectivity index (χ1) is 10.4. The normalized spacial score (nSPS) is 20.7. The second kappa shape index (κ2) is 7.11. The summed E-state index contributed by atoms with van der Waals surface area (Å²) in [5.74, 6) is 0.688. The molecule has 122 valence electrons. The van der Waals surface area contributed by atoms with Gasteiger partial charge in [0, 0.05) is 20.2 Å². The maximum Gasteiger partial charge on any atom is 0.260 e. The van der Waals surface area contributed by atoms with Crippen LogP contribution < -0.4 is 4.74 Å². The zero-order valence-electron chi connectivity index (χ0n) is 13.8. The van der Waals surface area contributed by atoms with Gasteiger partial charge < -0.3 is 19.1 Å². The lowest BCUT2D eigenvalue weighted by atomic mass is 10.1. The summed E-state index contributed by atoms with van der Waals surface area (Å²) in [5, 5.41) is 0. The van der Waals surface area contributed by atoms with E-state index in [1.165, 1.54) is 0 Å². The lowest BCUT2D eigenvalue weighted by Crippen LogP contribution is -2.56. The van der Waals surface area contributed by atoms with Gasteiger partial charge >= 0.3 is 0 Å². The molecule has 0 saturated carbocycles. The molecule has 2 rings (SSSR count). The predicted molar refractivity (Wildman–Crippen MR) is 84.1 cm³/mol. The molecule has 1 heterocycles. The van der Waals surface area contributed by atoms with Gasteiger partial charge in [-0.25, -0.2) is 0 Å². The van der Waals surface area contributed by atoms with Crippen LogP contribution in [0.4, 0.5) is 0 Å². The number of benzene rings is 1. The summed E-state index contributed by atoms with van der Waals surface area (Å²) < 4.78 is 16.7. The second-order valence-corrected chi connectivity index (χ2v) is 6.33. The minimum absolute atomic E-state index is 0.0287. The van der Waals surface area contributed by atoms with Gasteiger partial charge in [0.15, 0.2) is 6.61 Å². The monoisotopic (exact) mass is 307 g/mol. The quantitative estimate of drug-likeness (QED) is 0.835. The molecule has 1 aromatic carbocycles. The predicted octanol–water partition coefficient (Wildman–Crippen LogP) is 2.03. The molecule has 0 aliphatic carbocycles. The van der Waals surface area contributed by atoms with E-state index in [9.17, 15) is 4.79 Å². The average Bonchev–Trinajstić information content (AvgIpc) is 2.43. The first-order valence-corrected chi connectivity index (χ1v) is 7.53. The van der Waals surface area contributed by atoms with Gasteiger partial charge in [0.25, 0.3) is 5.91 Å². The van der Waals surface area contributed by atoms with Crippen molar-refractivity contribution in [1.82, 2.24) is 4.90 Å². The molecule has 0 spiro atoms. The SMILES string of the molecule is COC[C@H]1CN(C(=O)COc2cccc(C)c2)CC(C)(C)O1. The van der Waals surface area contributed by atoms with Crippen molar-refractivity contribution in [2.45, 2.75) is 32.5 Å². The number of morpholine rings is 1. The Morgan fingerprint density at radius 1 is 1.45 bits per heavy atom. The molecule has 5 heteroatoms. The van der Waals surface area contributed by atoms with Crippen molar-refractivity contribution in [2.24, 2.45) is 0 Å². The van der Waals surface area contributed by atoms with Gasteiger partial charge in [0.05, 0.1) is 18.3 Å². The van der Waals surface area contributed by atoms with E-state index in [0.717, 1.165) is 5.56 Å². The zero-order valence-corrected chi connectivity index (χ0v) is 13.8. The van der Waals surface area contributed by atoms with Crippen LogP contribution in [0.5, 0.6) is 5.75 Å². The Morgan fingerprint density at radius 2 is 2.23 bits per heavy atom. The summed E-state index contributed by atoms with van der Waals surface area (Å²) in [5.41, 5.74) is 0.734. The van der Waals surface area contributed by atoms with Gasteiger partial charge in [0.2, 0.25) is 0 Å². The second-order valence-electron chi connectivity index (χ2n) is 6.33. The van der Waals surface area contributed by atoms with Crippen LogP contribution in [0.3, 0.4) is 0 Å². The van der Waals surface area contributed by atoms with Gasteiger partial charge in [-0.2, -0.15) is 0 Å². The molecular formula is C17H25NO4. The third-order valence-corrected chi connectivity index (χ3v) is 3.54. The topological polar surface area (TPSA) is 48.0 Å². The lowest BCUT2D eigenvalue weighted by Gasteiger charge is -2.42. The summed E-state index contributed by atoms with van der Waals surface area (Å²) in [7, 11) is 1.64. The van der Waals surface area contributed by atoms with Crippen LogP contribution in [0, 0.1) is 6.92 Å². The number of hydrogen-bond donors (Lipinski definition) is 0. The molecule has 1 aliphatic heterocycles. The molecule has 1 amide bonds. The van der Waals surface area contributed by atoms with Crippen molar-refractivity contribution in [1.29, 1.82) is 0 Å². The Hall–Kier alpha value is -1.59. The summed E-state index contributed by atoms with van der Waals surface area (Å²) in [6.45, 7) is 7.57. The number of amides is 1. The molecule has 1 aromatic rings. The molecular weight excluding hydrogens is 282 g/mol. The van der Waals surface area contributed by atoms with Crippen molar-refractivity contribution in [2.75, 3.05) is 33.4 Å². The molecule has 22 heavy (non-hydrogen) atoms. The number of methoxy groups -OCH3 is 1. The Labute approximate surface area is 132 Å². The maximum absolute atomic E-state index is 12.4. The van der Waals surface area contributed by atoms with Crippen molar-refractivity contribution >= 4 is 5.91 Å². The number of nitrogens with zero attached hydrogens (tertiary/aromatic N) is 1. The van der Waals surface area contributed by atoms with E-state index in [-0.39, 0.29) is 24.2 Å². The van der Waals surface area contributed by atoms with Gasteiger partial charge in [-0.15, -0.1) is 0 Å². The van der Waals surface area contributed by atoms with Crippen LogP contribution in [0.2, 0.25) is 0 Å². The van der Waals surface area contributed by atoms with E-state index in [0.29, 0.717) is 25.4 Å². The lowest BCUT2D eigenvalue weighted by molar-refractivity contribution is -0.170. The van der Waals surface area contributed by atoms with Crippen LogP contribution in [-0.2, 0) is 14.3 Å². The van der Waals surface area contributed by atoms with Crippen molar-refractivity contribution < 1.29 is 19.0 Å². The zero-order chi connectivity index (χ0) is 16.2. The highest BCUT2D eigenvalue weighted by molar-refractivity contribution is 5.78. The third-order valence-electron chi connectivity index (χ3n) is 3.54. The van der Waals surface area contributed by atoms with E-state index < -0.39 is 0 Å². The number of aryl methyl sites for hydroxylation is 1. The minimum Gasteiger partial charge on any atom is -0.484 e. The molecule has 0 radical (unpaired) electrons. The Kier molecular flexibility index (Phi) is 5.42. The summed E-state index contributed by atoms with van der Waals surface area (Å²) in [6, 6.07) is 7.69. The summed E-state index contributed by atoms with van der Waals surface area (Å²) >= 11 is 0. The highest BCUT2D eigenvalue weighted by Crippen LogP contribution is 2.21. The van der Waals surface area contributed by atoms with Crippen LogP contribution >= 0.6 is 0 Å². The number of hydrogen-bond acceptors (Lipinski definition) is 4. The molecule has 1 aliphatic rings. The van der Waals surface area contributed by atoms with Gasteiger partial charge in [0.1, 0.15) is 5.75 Å². The van der Waals surface area contributed by atoms with Crippen molar-refractivity contribution in [3.63, 3.8) is 0 Å². The number of carbonyl (C=O) groups is 1. The minimum atomic E-state index is -0.375. The molecule has 0 N–H and O–H groups in total. The molecule has 5 nitrogen and oxygen atoms in total. The Balaban J connectivity index is 1.93. The van der Waals surface area contributed by atoms with Gasteiger partial charge in [-0.1, -0.05) is 12.1 Å². The number of rotatable bonds is 5. The maximum atomic E-state index is 12.4. The molecule has 0 aromatic heterocycles. The van der Waals surface area contributed by atoms with Crippen molar-refractivity contribution in [3.05, 3.63) is 29.8 Å². The number of carbonyl (C=O) groups excluding carboxylic acids is 1. The smallest absolute Gasteiger partial charge is 0.260 e. The van der Waals surface area contributed by atoms with Crippen LogP contribution in [0.1, 0.15) is 19.4 Å². The van der Waals surface area contributed by atoms with Crippen LogP contribution in [-0.4, -0.2) is 55.9 Å².